The molecule has 0 bridgehead atoms. The number of ketones is 1. The maximum Gasteiger partial charge on any atom is 0.267 e. The lowest BCUT2D eigenvalue weighted by molar-refractivity contribution is 0.0724. The Morgan fingerprint density at radius 2 is 2.16 bits per heavy atom. The van der Waals surface area contributed by atoms with Crippen LogP contribution in [0.5, 0.6) is 0 Å². The Bertz CT molecular complexity index is 1260. The van der Waals surface area contributed by atoms with E-state index in [1.54, 1.807) is 24.3 Å². The number of nitrogens with two attached hydrogens (primary N) is 1. The van der Waals surface area contributed by atoms with Gasteiger partial charge in [-0.3, -0.25) is 9.59 Å². The molecule has 0 fully saturated rings. The molecule has 0 radical (unpaired) electrons. The Labute approximate surface area is 183 Å². The van der Waals surface area contributed by atoms with Gasteiger partial charge in [0.25, 0.3) is 5.91 Å². The number of hydrogen-bond donors (Lipinski definition) is 2. The number of anilines is 2. The van der Waals surface area contributed by atoms with Gasteiger partial charge >= 0.3 is 0 Å². The summed E-state index contributed by atoms with van der Waals surface area (Å²) < 4.78 is 11.7. The smallest absolute Gasteiger partial charge is 0.267 e. The first-order valence-electron chi connectivity index (χ1n) is 9.99. The minimum Gasteiger partial charge on any atom is -0.458 e. The van der Waals surface area contributed by atoms with Crippen molar-refractivity contribution in [1.82, 2.24) is 0 Å². The van der Waals surface area contributed by atoms with Gasteiger partial charge in [0.05, 0.1) is 11.4 Å². The Hall–Kier alpha value is -3.39. The maximum atomic E-state index is 12.9. The summed E-state index contributed by atoms with van der Waals surface area (Å²) in [4.78, 5) is 29.6. The lowest BCUT2D eigenvalue weighted by Crippen LogP contribution is -2.27. The highest BCUT2D eigenvalue weighted by molar-refractivity contribution is 7.12. The number of carbonyl (C=O) groups is 2. The van der Waals surface area contributed by atoms with Gasteiger partial charge in [0.15, 0.2) is 11.5 Å². The highest BCUT2D eigenvalue weighted by Crippen LogP contribution is 2.26. The summed E-state index contributed by atoms with van der Waals surface area (Å²) in [6, 6.07) is 6.81. The number of allylic oxidation sites excluding steroid dienone is 3. The molecule has 0 saturated carbocycles. The summed E-state index contributed by atoms with van der Waals surface area (Å²) >= 11 is 1.24. The quantitative estimate of drug-likeness (QED) is 0.699. The van der Waals surface area contributed by atoms with Crippen molar-refractivity contribution < 1.29 is 19.1 Å². The number of ether oxygens (including phenoxy) is 2. The standard InChI is InChI=1S/C23H23N3O4S/c1-4-18-19(30-11-29-18)10-17-12(2)8-16-20(24)21(31-23(16)26-17)22(28)25-15-7-5-6-14(9-15)13(3)27/h5-10,12H,4,11,24H2,1-3H3,(H,25,28)/b17-10+. The molecule has 3 N–H and O–H groups in total. The average molecular weight is 438 g/mol. The monoisotopic (exact) mass is 437 g/mol. The van der Waals surface area contributed by atoms with Crippen LogP contribution in [0.1, 0.15) is 47.2 Å². The number of nitrogens with one attached hydrogen (secondary N) is 1. The molecule has 4 rings (SSSR count). The van der Waals surface area contributed by atoms with Gasteiger partial charge in [-0.1, -0.05) is 32.1 Å². The first-order chi connectivity index (χ1) is 14.9. The highest BCUT2D eigenvalue weighted by Gasteiger charge is 2.22. The Morgan fingerprint density at radius 1 is 1.35 bits per heavy atom. The molecule has 1 aromatic heterocycles. The molecule has 3 heterocycles. The molecule has 31 heavy (non-hydrogen) atoms. The second-order valence-electron chi connectivity index (χ2n) is 7.34. The van der Waals surface area contributed by atoms with E-state index in [2.05, 4.69) is 5.32 Å². The van der Waals surface area contributed by atoms with Crippen molar-refractivity contribution in [1.29, 1.82) is 0 Å². The van der Waals surface area contributed by atoms with E-state index in [0.29, 0.717) is 32.2 Å². The fraction of sp³-hybridized carbons (Fsp3) is 0.261. The van der Waals surface area contributed by atoms with Crippen LogP contribution in [-0.4, -0.2) is 18.5 Å². The molecule has 0 aliphatic carbocycles. The van der Waals surface area contributed by atoms with Gasteiger partial charge in [-0.25, -0.2) is 4.99 Å². The summed E-state index contributed by atoms with van der Waals surface area (Å²) in [5.74, 6) is 1.10. The molecule has 2 aliphatic heterocycles. The van der Waals surface area contributed by atoms with Gasteiger partial charge in [-0.2, -0.15) is 0 Å². The number of amides is 1. The van der Waals surface area contributed by atoms with Gasteiger partial charge in [0.2, 0.25) is 6.79 Å². The van der Waals surface area contributed by atoms with Crippen molar-refractivity contribution in [2.75, 3.05) is 17.8 Å². The number of fused-ring (bicyclic) bond motifs is 1. The molecule has 2 aromatic rings. The second-order valence-corrected chi connectivity index (χ2v) is 8.34. The molecular formula is C23H23N3O4S. The molecule has 7 nitrogen and oxygen atoms in total. The van der Waals surface area contributed by atoms with E-state index in [-0.39, 0.29) is 24.4 Å². The Kier molecular flexibility index (Phi) is 5.65. The largest absolute Gasteiger partial charge is 0.458 e. The van der Waals surface area contributed by atoms with Crippen LogP contribution in [0.25, 0.3) is 6.08 Å². The molecule has 1 atom stereocenters. The van der Waals surface area contributed by atoms with Crippen molar-refractivity contribution in [3.8, 4) is 0 Å². The predicted octanol–water partition coefficient (Wildman–Crippen LogP) is 3.34. The van der Waals surface area contributed by atoms with Gasteiger partial charge in [-0.15, -0.1) is 11.3 Å². The number of hydrogen-bond acceptors (Lipinski definition) is 7. The van der Waals surface area contributed by atoms with Crippen LogP contribution in [0.15, 0.2) is 52.5 Å². The molecule has 1 unspecified atom stereocenters. The number of benzene rings is 1. The maximum absolute atomic E-state index is 12.9. The van der Waals surface area contributed by atoms with Crippen molar-refractivity contribution in [3.63, 3.8) is 0 Å². The third-order valence-electron chi connectivity index (χ3n) is 5.13. The van der Waals surface area contributed by atoms with E-state index >= 15 is 0 Å². The van der Waals surface area contributed by atoms with Crippen LogP contribution in [-0.2, 0) is 9.47 Å². The normalized spacial score (nSPS) is 18.5. The summed E-state index contributed by atoms with van der Waals surface area (Å²) in [6.45, 7) is 5.72. The van der Waals surface area contributed by atoms with Crippen LogP contribution >= 0.6 is 11.3 Å². The van der Waals surface area contributed by atoms with E-state index < -0.39 is 0 Å². The first-order valence-corrected chi connectivity index (χ1v) is 10.8. The molecule has 0 saturated heterocycles. The minimum atomic E-state index is -0.331. The summed E-state index contributed by atoms with van der Waals surface area (Å²) in [5, 5.41) is 3.59. The van der Waals surface area contributed by atoms with E-state index in [9.17, 15) is 9.59 Å². The van der Waals surface area contributed by atoms with E-state index in [1.807, 2.05) is 26.0 Å². The average Bonchev–Trinajstić information content (AvgIpc) is 3.32. The van der Waals surface area contributed by atoms with Gasteiger partial charge in [-0.05, 0) is 19.1 Å². The number of nitrogens with zero attached hydrogens (tertiary/aromatic N) is 1. The van der Waals surface area contributed by atoms with E-state index in [0.717, 1.165) is 23.1 Å². The molecule has 8 heteroatoms. The highest BCUT2D eigenvalue weighted by atomic mass is 32.1. The van der Waals surface area contributed by atoms with E-state index in [1.165, 1.54) is 18.3 Å². The predicted molar refractivity (Wildman–Crippen MR) is 120 cm³/mol. The number of nitrogen functional groups attached to an aromatic ring is 1. The Balaban J connectivity index is 1.67. The summed E-state index contributed by atoms with van der Waals surface area (Å²) in [5.41, 5.74) is 8.60. The molecule has 2 aliphatic rings. The number of carbonyl (C=O) groups excluding carboxylic acids is 2. The topological polar surface area (TPSA) is 103 Å². The number of thiophene rings is 1. The second kappa shape index (κ2) is 8.39. The molecule has 1 aromatic carbocycles. The van der Waals surface area contributed by atoms with Crippen LogP contribution < -0.4 is 20.9 Å². The van der Waals surface area contributed by atoms with Crippen LogP contribution in [0.2, 0.25) is 0 Å². The van der Waals surface area contributed by atoms with Crippen LogP contribution in [0, 0.1) is 5.92 Å². The SMILES string of the molecule is CCC1=C(/C=C2/N=c3sc(C(=O)Nc4cccc(C(C)=O)c4)c(N)c3=CC2C)OCO1. The van der Waals surface area contributed by atoms with Crippen molar-refractivity contribution in [3.05, 3.63) is 67.9 Å². The first kappa shape index (κ1) is 20.9. The zero-order valence-electron chi connectivity index (χ0n) is 17.5. The zero-order chi connectivity index (χ0) is 22.1. The number of Topliss-reactive ketones (excluding diaryl/α,β-unsaturated/α-hetero) is 1. The van der Waals surface area contributed by atoms with Crippen molar-refractivity contribution in [2.24, 2.45) is 10.9 Å². The van der Waals surface area contributed by atoms with Crippen molar-refractivity contribution in [2.45, 2.75) is 27.2 Å². The molecule has 160 valence electrons. The lowest BCUT2D eigenvalue weighted by atomic mass is 10.0. The summed E-state index contributed by atoms with van der Waals surface area (Å²) in [7, 11) is 0. The molecule has 0 spiro atoms. The van der Waals surface area contributed by atoms with E-state index in [4.69, 9.17) is 20.2 Å². The van der Waals surface area contributed by atoms with Gasteiger partial charge in [0.1, 0.15) is 15.3 Å². The number of rotatable bonds is 5. The fourth-order valence-electron chi connectivity index (χ4n) is 3.43. The van der Waals surface area contributed by atoms with Gasteiger partial charge < -0.3 is 20.5 Å². The third kappa shape index (κ3) is 4.11. The lowest BCUT2D eigenvalue weighted by Gasteiger charge is -2.11. The molecule has 1 amide bonds. The third-order valence-corrected chi connectivity index (χ3v) is 6.25. The summed E-state index contributed by atoms with van der Waals surface area (Å²) in [6.07, 6.45) is 4.64. The van der Waals surface area contributed by atoms with Gasteiger partial charge in [0, 0.05) is 34.9 Å². The van der Waals surface area contributed by atoms with Crippen LogP contribution in [0.4, 0.5) is 11.4 Å². The fourth-order valence-corrected chi connectivity index (χ4v) is 4.42. The Morgan fingerprint density at radius 3 is 2.90 bits per heavy atom. The minimum absolute atomic E-state index is 0.00219. The van der Waals surface area contributed by atoms with Crippen molar-refractivity contribution >= 4 is 40.5 Å². The van der Waals surface area contributed by atoms with Crippen LogP contribution in [0.3, 0.4) is 0 Å². The molecular weight excluding hydrogens is 414 g/mol. The zero-order valence-corrected chi connectivity index (χ0v) is 18.3.